The number of hydrogen-bond acceptors (Lipinski definition) is 3. The quantitative estimate of drug-likeness (QED) is 0.807. The van der Waals surface area contributed by atoms with E-state index >= 15 is 0 Å². The fraction of sp³-hybridized carbons (Fsp3) is 0.350. The monoisotopic (exact) mass is 325 g/mol. The first-order chi connectivity index (χ1) is 11.7. The molecule has 0 N–H and O–H groups in total. The maximum Gasteiger partial charge on any atom is 0.231 e. The Morgan fingerprint density at radius 3 is 2.54 bits per heavy atom. The van der Waals surface area contributed by atoms with Crippen LogP contribution in [0, 0.1) is 0 Å². The Balaban J connectivity index is 1.76. The highest BCUT2D eigenvalue weighted by atomic mass is 16.7. The highest BCUT2D eigenvalue weighted by Gasteiger charge is 2.24. The number of benzene rings is 2. The van der Waals surface area contributed by atoms with Gasteiger partial charge < -0.3 is 14.4 Å². The molecule has 1 aliphatic heterocycles. The van der Waals surface area contributed by atoms with E-state index in [0.717, 1.165) is 29.0 Å². The molecule has 1 heterocycles. The van der Waals surface area contributed by atoms with Crippen LogP contribution in [0.5, 0.6) is 11.5 Å². The topological polar surface area (TPSA) is 38.8 Å². The van der Waals surface area contributed by atoms with E-state index in [9.17, 15) is 4.79 Å². The van der Waals surface area contributed by atoms with Gasteiger partial charge in [-0.2, -0.15) is 0 Å². The summed E-state index contributed by atoms with van der Waals surface area (Å²) in [6.45, 7) is 5.60. The number of fused-ring (bicyclic) bond motifs is 1. The molecule has 0 spiro atoms. The van der Waals surface area contributed by atoms with E-state index in [1.165, 1.54) is 0 Å². The van der Waals surface area contributed by atoms with Crippen LogP contribution in [-0.4, -0.2) is 24.1 Å². The van der Waals surface area contributed by atoms with Gasteiger partial charge in [0.1, 0.15) is 0 Å². The molecule has 0 aliphatic carbocycles. The third-order valence-electron chi connectivity index (χ3n) is 4.41. The molecule has 0 fully saturated rings. The first-order valence-electron chi connectivity index (χ1n) is 8.45. The maximum atomic E-state index is 13.0. The summed E-state index contributed by atoms with van der Waals surface area (Å²) in [4.78, 5) is 14.9. The number of carbonyl (C=O) groups excluding carboxylic acids is 1. The first kappa shape index (κ1) is 16.4. The van der Waals surface area contributed by atoms with E-state index in [-0.39, 0.29) is 18.6 Å². The van der Waals surface area contributed by atoms with Gasteiger partial charge in [0.2, 0.25) is 12.7 Å². The summed E-state index contributed by atoms with van der Waals surface area (Å²) in [5, 5.41) is 0. The van der Waals surface area contributed by atoms with Gasteiger partial charge in [0, 0.05) is 13.1 Å². The maximum absolute atomic E-state index is 13.0. The summed E-state index contributed by atoms with van der Waals surface area (Å²) in [6, 6.07) is 15.9. The third-order valence-corrected chi connectivity index (χ3v) is 4.41. The number of nitrogens with zero attached hydrogens (tertiary/aromatic N) is 1. The molecule has 3 rings (SSSR count). The van der Waals surface area contributed by atoms with Crippen molar-refractivity contribution in [2.24, 2.45) is 0 Å². The zero-order chi connectivity index (χ0) is 16.9. The van der Waals surface area contributed by atoms with Crippen LogP contribution in [0.1, 0.15) is 37.3 Å². The largest absolute Gasteiger partial charge is 0.454 e. The Morgan fingerprint density at radius 2 is 1.83 bits per heavy atom. The summed E-state index contributed by atoms with van der Waals surface area (Å²) >= 11 is 0. The van der Waals surface area contributed by atoms with E-state index in [2.05, 4.69) is 6.92 Å². The van der Waals surface area contributed by atoms with Gasteiger partial charge in [-0.25, -0.2) is 0 Å². The zero-order valence-electron chi connectivity index (χ0n) is 14.2. The smallest absolute Gasteiger partial charge is 0.231 e. The Hall–Kier alpha value is -2.49. The molecule has 0 aromatic heterocycles. The second kappa shape index (κ2) is 7.39. The van der Waals surface area contributed by atoms with Crippen molar-refractivity contribution in [2.75, 3.05) is 13.3 Å². The minimum atomic E-state index is -0.0971. The lowest BCUT2D eigenvalue weighted by Crippen LogP contribution is -2.34. The van der Waals surface area contributed by atoms with Gasteiger partial charge in [-0.1, -0.05) is 43.3 Å². The number of hydrogen-bond donors (Lipinski definition) is 0. The average Bonchev–Trinajstić information content (AvgIpc) is 3.09. The molecule has 0 saturated carbocycles. The Labute approximate surface area is 143 Å². The molecule has 1 amide bonds. The molecular formula is C20H23NO3. The fourth-order valence-corrected chi connectivity index (χ4v) is 3.06. The summed E-state index contributed by atoms with van der Waals surface area (Å²) in [7, 11) is 0. The standard InChI is InChI=1S/C20H23NO3/c1-3-17(16-8-6-5-7-9-16)20(22)21(4-2)13-15-10-11-18-19(12-15)24-14-23-18/h5-12,17H,3-4,13-14H2,1-2H3. The molecular weight excluding hydrogens is 302 g/mol. The van der Waals surface area contributed by atoms with Crippen molar-refractivity contribution in [2.45, 2.75) is 32.7 Å². The molecule has 1 aliphatic rings. The summed E-state index contributed by atoms with van der Waals surface area (Å²) in [6.07, 6.45) is 0.792. The normalized spacial score (nSPS) is 13.6. The van der Waals surface area contributed by atoms with Gasteiger partial charge in [0.05, 0.1) is 5.92 Å². The van der Waals surface area contributed by atoms with Crippen LogP contribution < -0.4 is 9.47 Å². The van der Waals surface area contributed by atoms with Crippen molar-refractivity contribution in [3.8, 4) is 11.5 Å². The van der Waals surface area contributed by atoms with Crippen molar-refractivity contribution in [1.82, 2.24) is 4.90 Å². The lowest BCUT2D eigenvalue weighted by Gasteiger charge is -2.26. The van der Waals surface area contributed by atoms with Gasteiger partial charge in [0.15, 0.2) is 11.5 Å². The molecule has 4 heteroatoms. The number of carbonyl (C=O) groups is 1. The predicted molar refractivity (Wildman–Crippen MR) is 93.1 cm³/mol. The number of rotatable bonds is 6. The Morgan fingerprint density at radius 1 is 1.08 bits per heavy atom. The lowest BCUT2D eigenvalue weighted by atomic mass is 9.95. The highest BCUT2D eigenvalue weighted by molar-refractivity contribution is 5.83. The summed E-state index contributed by atoms with van der Waals surface area (Å²) in [5.74, 6) is 1.60. The number of likely N-dealkylation sites (N-methyl/N-ethyl adjacent to an activating group) is 1. The van der Waals surface area contributed by atoms with Crippen LogP contribution in [0.15, 0.2) is 48.5 Å². The average molecular weight is 325 g/mol. The van der Waals surface area contributed by atoms with Crippen molar-refractivity contribution >= 4 is 5.91 Å². The van der Waals surface area contributed by atoms with E-state index in [1.807, 2.05) is 60.4 Å². The van der Waals surface area contributed by atoms with Gasteiger partial charge in [-0.15, -0.1) is 0 Å². The molecule has 0 radical (unpaired) electrons. The van der Waals surface area contributed by atoms with Crippen LogP contribution in [0.4, 0.5) is 0 Å². The molecule has 0 saturated heterocycles. The van der Waals surface area contributed by atoms with Crippen LogP contribution in [0.2, 0.25) is 0 Å². The van der Waals surface area contributed by atoms with Crippen LogP contribution in [-0.2, 0) is 11.3 Å². The molecule has 1 unspecified atom stereocenters. The van der Waals surface area contributed by atoms with Crippen molar-refractivity contribution < 1.29 is 14.3 Å². The van der Waals surface area contributed by atoms with Gasteiger partial charge in [0.25, 0.3) is 0 Å². The third kappa shape index (κ3) is 3.37. The molecule has 2 aromatic carbocycles. The van der Waals surface area contributed by atoms with E-state index < -0.39 is 0 Å². The second-order valence-electron chi connectivity index (χ2n) is 5.91. The SMILES string of the molecule is CCC(C(=O)N(CC)Cc1ccc2c(c1)OCO2)c1ccccc1. The van der Waals surface area contributed by atoms with E-state index in [1.54, 1.807) is 0 Å². The van der Waals surface area contributed by atoms with Crippen molar-refractivity contribution in [1.29, 1.82) is 0 Å². The van der Waals surface area contributed by atoms with Crippen molar-refractivity contribution in [3.63, 3.8) is 0 Å². The minimum absolute atomic E-state index is 0.0971. The fourth-order valence-electron chi connectivity index (χ4n) is 3.06. The summed E-state index contributed by atoms with van der Waals surface area (Å²) in [5.41, 5.74) is 2.13. The van der Waals surface area contributed by atoms with Gasteiger partial charge in [-0.3, -0.25) is 4.79 Å². The first-order valence-corrected chi connectivity index (χ1v) is 8.45. The van der Waals surface area contributed by atoms with Crippen LogP contribution >= 0.6 is 0 Å². The highest BCUT2D eigenvalue weighted by Crippen LogP contribution is 2.33. The lowest BCUT2D eigenvalue weighted by molar-refractivity contribution is -0.133. The molecule has 126 valence electrons. The molecule has 4 nitrogen and oxygen atoms in total. The van der Waals surface area contributed by atoms with Gasteiger partial charge in [-0.05, 0) is 36.6 Å². The molecule has 24 heavy (non-hydrogen) atoms. The van der Waals surface area contributed by atoms with Crippen molar-refractivity contribution in [3.05, 3.63) is 59.7 Å². The van der Waals surface area contributed by atoms with E-state index in [4.69, 9.17) is 9.47 Å². The second-order valence-corrected chi connectivity index (χ2v) is 5.91. The van der Waals surface area contributed by atoms with E-state index in [0.29, 0.717) is 13.1 Å². The molecule has 0 bridgehead atoms. The zero-order valence-corrected chi connectivity index (χ0v) is 14.2. The number of amides is 1. The van der Waals surface area contributed by atoms with Crippen LogP contribution in [0.25, 0.3) is 0 Å². The predicted octanol–water partition coefficient (Wildman–Crippen LogP) is 3.96. The Bertz CT molecular complexity index is 699. The van der Waals surface area contributed by atoms with Gasteiger partial charge >= 0.3 is 0 Å². The summed E-state index contributed by atoms with van der Waals surface area (Å²) < 4.78 is 10.8. The minimum Gasteiger partial charge on any atom is -0.454 e. The molecule has 1 atom stereocenters. The van der Waals surface area contributed by atoms with Crippen LogP contribution in [0.3, 0.4) is 0 Å². The Kier molecular flexibility index (Phi) is 5.04. The molecule has 2 aromatic rings. The number of ether oxygens (including phenoxy) is 2.